The molecule has 0 aliphatic carbocycles. The van der Waals surface area contributed by atoms with Crippen LogP contribution in [0.25, 0.3) is 0 Å². The summed E-state index contributed by atoms with van der Waals surface area (Å²) in [5.41, 5.74) is 7.50. The lowest BCUT2D eigenvalue weighted by Crippen LogP contribution is -2.32. The number of nitrogens with zero attached hydrogens (tertiary/aromatic N) is 2. The van der Waals surface area contributed by atoms with Crippen molar-refractivity contribution in [2.75, 3.05) is 0 Å². The SMILES string of the molecule is CCC(N)C(c1ccsc1)n1ccnc1C. The highest BCUT2D eigenvalue weighted by Gasteiger charge is 2.21. The van der Waals surface area contributed by atoms with E-state index in [1.165, 1.54) is 5.56 Å². The van der Waals surface area contributed by atoms with Gasteiger partial charge in [0.2, 0.25) is 0 Å². The van der Waals surface area contributed by atoms with Crippen LogP contribution in [-0.2, 0) is 0 Å². The van der Waals surface area contributed by atoms with Crippen molar-refractivity contribution in [3.8, 4) is 0 Å². The summed E-state index contributed by atoms with van der Waals surface area (Å²) >= 11 is 1.71. The molecule has 16 heavy (non-hydrogen) atoms. The minimum atomic E-state index is 0.127. The van der Waals surface area contributed by atoms with E-state index in [2.05, 4.69) is 33.3 Å². The lowest BCUT2D eigenvalue weighted by atomic mass is 10.0. The van der Waals surface area contributed by atoms with Gasteiger partial charge >= 0.3 is 0 Å². The average Bonchev–Trinajstić information content (AvgIpc) is 2.92. The number of nitrogens with two attached hydrogens (primary N) is 1. The lowest BCUT2D eigenvalue weighted by molar-refractivity contribution is 0.452. The van der Waals surface area contributed by atoms with Crippen LogP contribution >= 0.6 is 11.3 Å². The fourth-order valence-corrected chi connectivity index (χ4v) is 2.65. The van der Waals surface area contributed by atoms with Gasteiger partial charge in [-0.2, -0.15) is 11.3 Å². The van der Waals surface area contributed by atoms with Crippen LogP contribution < -0.4 is 5.73 Å². The molecule has 2 N–H and O–H groups in total. The molecule has 2 heterocycles. The molecule has 0 aromatic carbocycles. The topological polar surface area (TPSA) is 43.8 Å². The number of hydrogen-bond donors (Lipinski definition) is 1. The van der Waals surface area contributed by atoms with Crippen molar-refractivity contribution in [3.63, 3.8) is 0 Å². The summed E-state index contributed by atoms with van der Waals surface area (Å²) in [5, 5.41) is 4.26. The first-order valence-corrected chi connectivity index (χ1v) is 6.45. The Morgan fingerprint density at radius 2 is 2.38 bits per heavy atom. The first kappa shape index (κ1) is 11.4. The van der Waals surface area contributed by atoms with Gasteiger partial charge in [0.25, 0.3) is 0 Å². The van der Waals surface area contributed by atoms with Gasteiger partial charge in [0.15, 0.2) is 0 Å². The van der Waals surface area contributed by atoms with Crippen molar-refractivity contribution >= 4 is 11.3 Å². The zero-order valence-corrected chi connectivity index (χ0v) is 10.4. The molecule has 86 valence electrons. The molecule has 0 saturated carbocycles. The van der Waals surface area contributed by atoms with Gasteiger partial charge in [-0.15, -0.1) is 0 Å². The highest BCUT2D eigenvalue weighted by molar-refractivity contribution is 7.07. The van der Waals surface area contributed by atoms with Crippen LogP contribution in [0.2, 0.25) is 0 Å². The molecule has 0 spiro atoms. The van der Waals surface area contributed by atoms with Gasteiger partial charge in [-0.1, -0.05) is 6.92 Å². The summed E-state index contributed by atoms with van der Waals surface area (Å²) in [4.78, 5) is 4.27. The minimum Gasteiger partial charge on any atom is -0.326 e. The number of thiophene rings is 1. The fourth-order valence-electron chi connectivity index (χ4n) is 1.96. The number of rotatable bonds is 4. The summed E-state index contributed by atoms with van der Waals surface area (Å²) in [7, 11) is 0. The number of aryl methyl sites for hydroxylation is 1. The Balaban J connectivity index is 2.40. The molecule has 0 amide bonds. The van der Waals surface area contributed by atoms with Crippen LogP contribution in [0.4, 0.5) is 0 Å². The molecule has 0 saturated heterocycles. The summed E-state index contributed by atoms with van der Waals surface area (Å²) in [6.45, 7) is 4.14. The predicted octanol–water partition coefficient (Wildman–Crippen LogP) is 2.58. The molecule has 0 bridgehead atoms. The highest BCUT2D eigenvalue weighted by atomic mass is 32.1. The van der Waals surface area contributed by atoms with Crippen molar-refractivity contribution < 1.29 is 0 Å². The Morgan fingerprint density at radius 3 is 2.88 bits per heavy atom. The van der Waals surface area contributed by atoms with Gasteiger partial charge in [-0.05, 0) is 35.7 Å². The molecule has 0 aliphatic rings. The van der Waals surface area contributed by atoms with Crippen LogP contribution in [0.15, 0.2) is 29.2 Å². The molecular weight excluding hydrogens is 218 g/mol. The number of imidazole rings is 1. The van der Waals surface area contributed by atoms with E-state index in [4.69, 9.17) is 5.73 Å². The van der Waals surface area contributed by atoms with Gasteiger partial charge in [-0.3, -0.25) is 0 Å². The summed E-state index contributed by atoms with van der Waals surface area (Å²) in [5.74, 6) is 1.01. The fraction of sp³-hybridized carbons (Fsp3) is 0.417. The van der Waals surface area contributed by atoms with E-state index >= 15 is 0 Å². The maximum Gasteiger partial charge on any atom is 0.106 e. The normalized spacial score (nSPS) is 14.9. The van der Waals surface area contributed by atoms with Gasteiger partial charge in [0.1, 0.15) is 5.82 Å². The Morgan fingerprint density at radius 1 is 1.56 bits per heavy atom. The summed E-state index contributed by atoms with van der Waals surface area (Å²) in [6.07, 6.45) is 4.79. The predicted molar refractivity (Wildman–Crippen MR) is 67.7 cm³/mol. The smallest absolute Gasteiger partial charge is 0.106 e. The van der Waals surface area contributed by atoms with Crippen LogP contribution in [0, 0.1) is 6.92 Å². The van der Waals surface area contributed by atoms with E-state index in [0.717, 1.165) is 12.2 Å². The van der Waals surface area contributed by atoms with E-state index in [-0.39, 0.29) is 12.1 Å². The Labute approximate surface area is 99.9 Å². The van der Waals surface area contributed by atoms with Crippen molar-refractivity contribution in [2.45, 2.75) is 32.4 Å². The van der Waals surface area contributed by atoms with Crippen LogP contribution in [0.1, 0.15) is 30.8 Å². The molecule has 2 rings (SSSR count). The highest BCUT2D eigenvalue weighted by Crippen LogP contribution is 2.25. The van der Waals surface area contributed by atoms with Gasteiger partial charge in [0, 0.05) is 18.4 Å². The first-order chi connectivity index (χ1) is 7.74. The van der Waals surface area contributed by atoms with Gasteiger partial charge in [-0.25, -0.2) is 4.98 Å². The average molecular weight is 235 g/mol. The molecule has 4 heteroatoms. The monoisotopic (exact) mass is 235 g/mol. The third-order valence-electron chi connectivity index (χ3n) is 2.92. The molecule has 0 aliphatic heterocycles. The Hall–Kier alpha value is -1.13. The molecule has 0 fully saturated rings. The van der Waals surface area contributed by atoms with E-state index < -0.39 is 0 Å². The summed E-state index contributed by atoms with van der Waals surface area (Å²) in [6, 6.07) is 2.48. The van der Waals surface area contributed by atoms with Crippen molar-refractivity contribution in [3.05, 3.63) is 40.6 Å². The second-order valence-electron chi connectivity index (χ2n) is 3.96. The molecule has 0 radical (unpaired) electrons. The van der Waals surface area contributed by atoms with Crippen molar-refractivity contribution in [1.82, 2.24) is 9.55 Å². The molecule has 2 aromatic heterocycles. The summed E-state index contributed by atoms with van der Waals surface area (Å²) < 4.78 is 2.16. The van der Waals surface area contributed by atoms with Gasteiger partial charge < -0.3 is 10.3 Å². The minimum absolute atomic E-state index is 0.127. The molecule has 2 atom stereocenters. The maximum absolute atomic E-state index is 6.22. The van der Waals surface area contributed by atoms with Crippen molar-refractivity contribution in [1.29, 1.82) is 0 Å². The molecular formula is C12H17N3S. The van der Waals surface area contributed by atoms with Crippen molar-refractivity contribution in [2.24, 2.45) is 5.73 Å². The van der Waals surface area contributed by atoms with Crippen LogP contribution in [0.5, 0.6) is 0 Å². The van der Waals surface area contributed by atoms with Crippen LogP contribution in [0.3, 0.4) is 0 Å². The zero-order chi connectivity index (χ0) is 11.5. The van der Waals surface area contributed by atoms with Crippen LogP contribution in [-0.4, -0.2) is 15.6 Å². The first-order valence-electron chi connectivity index (χ1n) is 5.51. The molecule has 2 aromatic rings. The Bertz CT molecular complexity index is 433. The standard InChI is InChI=1S/C12H17N3S/c1-3-11(13)12(10-4-7-16-8-10)15-6-5-14-9(15)2/h4-8,11-12H,3,13H2,1-2H3. The largest absolute Gasteiger partial charge is 0.326 e. The zero-order valence-electron chi connectivity index (χ0n) is 9.63. The maximum atomic E-state index is 6.22. The quantitative estimate of drug-likeness (QED) is 0.885. The second kappa shape index (κ2) is 4.80. The number of hydrogen-bond acceptors (Lipinski definition) is 3. The van der Waals surface area contributed by atoms with Gasteiger partial charge in [0.05, 0.1) is 6.04 Å². The molecule has 2 unspecified atom stereocenters. The third-order valence-corrected chi connectivity index (χ3v) is 3.63. The third kappa shape index (κ3) is 2.03. The van der Waals surface area contributed by atoms with E-state index in [1.807, 2.05) is 19.3 Å². The molecule has 3 nitrogen and oxygen atoms in total. The number of aromatic nitrogens is 2. The lowest BCUT2D eigenvalue weighted by Gasteiger charge is -2.24. The Kier molecular flexibility index (Phi) is 3.41. The van der Waals surface area contributed by atoms with E-state index in [0.29, 0.717) is 0 Å². The van der Waals surface area contributed by atoms with E-state index in [9.17, 15) is 0 Å². The second-order valence-corrected chi connectivity index (χ2v) is 4.74. The van der Waals surface area contributed by atoms with E-state index in [1.54, 1.807) is 11.3 Å².